The number of hydrogen-bond acceptors (Lipinski definition) is 3. The highest BCUT2D eigenvalue weighted by Crippen LogP contribution is 2.10. The lowest BCUT2D eigenvalue weighted by Crippen LogP contribution is -2.38. The van der Waals surface area contributed by atoms with E-state index < -0.39 is 9.84 Å². The van der Waals surface area contributed by atoms with Crippen LogP contribution in [0.25, 0.3) is 0 Å². The Labute approximate surface area is 183 Å². The highest BCUT2D eigenvalue weighted by atomic mass is 127. The Morgan fingerprint density at radius 1 is 1.04 bits per heavy atom. The van der Waals surface area contributed by atoms with E-state index >= 15 is 0 Å². The van der Waals surface area contributed by atoms with E-state index in [-0.39, 0.29) is 36.3 Å². The average molecular weight is 522 g/mol. The van der Waals surface area contributed by atoms with Crippen LogP contribution in [-0.4, -0.2) is 39.8 Å². The predicted molar refractivity (Wildman–Crippen MR) is 123 cm³/mol. The van der Waals surface area contributed by atoms with E-state index in [9.17, 15) is 8.42 Å². The summed E-state index contributed by atoms with van der Waals surface area (Å²) in [5, 5.41) is 7.07. The van der Waals surface area contributed by atoms with Crippen LogP contribution < -0.4 is 10.6 Å². The zero-order valence-electron chi connectivity index (χ0n) is 15.2. The minimum atomic E-state index is -3.31. The zero-order chi connectivity index (χ0) is 18.8. The minimum absolute atomic E-state index is 0. The fraction of sp³-hybridized carbons (Fsp3) is 0.316. The fourth-order valence-electron chi connectivity index (χ4n) is 2.34. The minimum Gasteiger partial charge on any atom is -0.357 e. The molecule has 8 heteroatoms. The molecule has 0 heterocycles. The van der Waals surface area contributed by atoms with Gasteiger partial charge in [-0.2, -0.15) is 0 Å². The molecule has 0 saturated carbocycles. The molecule has 0 aliphatic carbocycles. The second-order valence-electron chi connectivity index (χ2n) is 5.70. The molecular weight excluding hydrogens is 497 g/mol. The van der Waals surface area contributed by atoms with Gasteiger partial charge < -0.3 is 10.6 Å². The van der Waals surface area contributed by atoms with Crippen molar-refractivity contribution in [1.82, 2.24) is 10.6 Å². The quantitative estimate of drug-likeness (QED) is 0.317. The van der Waals surface area contributed by atoms with Crippen molar-refractivity contribution in [3.63, 3.8) is 0 Å². The van der Waals surface area contributed by atoms with Gasteiger partial charge in [-0.25, -0.2) is 8.42 Å². The van der Waals surface area contributed by atoms with E-state index in [1.165, 1.54) is 5.56 Å². The fourth-order valence-corrected chi connectivity index (χ4v) is 3.61. The molecule has 5 nitrogen and oxygen atoms in total. The Hall–Kier alpha value is -1.32. The number of aliphatic imine (C=N–C) groups is 1. The van der Waals surface area contributed by atoms with Gasteiger partial charge in [0.25, 0.3) is 0 Å². The number of benzene rings is 2. The third kappa shape index (κ3) is 8.49. The molecule has 0 aromatic heterocycles. The number of hydrogen-bond donors (Lipinski definition) is 2. The SMILES string of the molecule is CCNC(=NCCS(=O)(=O)c1ccccc1)NCCc1ccc(Cl)cc1.I. The Bertz CT molecular complexity index is 813. The summed E-state index contributed by atoms with van der Waals surface area (Å²) in [4.78, 5) is 4.69. The van der Waals surface area contributed by atoms with Crippen LogP contribution >= 0.6 is 35.6 Å². The van der Waals surface area contributed by atoms with Gasteiger partial charge in [-0.15, -0.1) is 24.0 Å². The van der Waals surface area contributed by atoms with E-state index in [0.29, 0.717) is 23.9 Å². The maximum atomic E-state index is 12.3. The van der Waals surface area contributed by atoms with E-state index in [0.717, 1.165) is 11.4 Å². The van der Waals surface area contributed by atoms with Crippen molar-refractivity contribution in [1.29, 1.82) is 0 Å². The lowest BCUT2D eigenvalue weighted by molar-refractivity contribution is 0.596. The first-order chi connectivity index (χ1) is 12.5. The van der Waals surface area contributed by atoms with Crippen molar-refractivity contribution in [3.8, 4) is 0 Å². The van der Waals surface area contributed by atoms with Crippen LogP contribution in [0.5, 0.6) is 0 Å². The van der Waals surface area contributed by atoms with Crippen LogP contribution in [0.2, 0.25) is 5.02 Å². The third-order valence-electron chi connectivity index (χ3n) is 3.70. The molecule has 2 N–H and O–H groups in total. The van der Waals surface area contributed by atoms with E-state index in [1.54, 1.807) is 30.3 Å². The first kappa shape index (κ1) is 23.7. The molecular formula is C19H25ClIN3O2S. The lowest BCUT2D eigenvalue weighted by Gasteiger charge is -2.11. The number of halogens is 2. The summed E-state index contributed by atoms with van der Waals surface area (Å²) in [6.45, 7) is 3.57. The first-order valence-corrected chi connectivity index (χ1v) is 10.6. The standard InChI is InChI=1S/C19H24ClN3O2S.HI/c1-2-21-19(22-13-12-16-8-10-17(20)11-9-16)23-14-15-26(24,25)18-6-4-3-5-7-18;/h3-11H,2,12-15H2,1H3,(H2,21,22,23);1H. The van der Waals surface area contributed by atoms with Gasteiger partial charge >= 0.3 is 0 Å². The summed E-state index contributed by atoms with van der Waals surface area (Å²) < 4.78 is 24.6. The van der Waals surface area contributed by atoms with Crippen LogP contribution in [0, 0.1) is 0 Å². The van der Waals surface area contributed by atoms with Gasteiger partial charge in [-0.1, -0.05) is 41.9 Å². The van der Waals surface area contributed by atoms with E-state index in [2.05, 4.69) is 15.6 Å². The molecule has 0 bridgehead atoms. The molecule has 2 aromatic carbocycles. The van der Waals surface area contributed by atoms with Gasteiger partial charge in [0, 0.05) is 18.1 Å². The highest BCUT2D eigenvalue weighted by Gasteiger charge is 2.13. The first-order valence-electron chi connectivity index (χ1n) is 8.55. The van der Waals surface area contributed by atoms with Gasteiger partial charge in [0.15, 0.2) is 15.8 Å². The number of nitrogens with zero attached hydrogens (tertiary/aromatic N) is 1. The average Bonchev–Trinajstić information content (AvgIpc) is 2.64. The monoisotopic (exact) mass is 521 g/mol. The van der Waals surface area contributed by atoms with Gasteiger partial charge in [-0.05, 0) is 43.2 Å². The van der Waals surface area contributed by atoms with E-state index in [4.69, 9.17) is 11.6 Å². The largest absolute Gasteiger partial charge is 0.357 e. The summed E-state index contributed by atoms with van der Waals surface area (Å²) in [5.41, 5.74) is 1.17. The molecule has 148 valence electrons. The smallest absolute Gasteiger partial charge is 0.191 e. The second-order valence-corrected chi connectivity index (χ2v) is 8.24. The molecule has 0 unspecified atom stereocenters. The lowest BCUT2D eigenvalue weighted by atomic mass is 10.1. The third-order valence-corrected chi connectivity index (χ3v) is 5.66. The van der Waals surface area contributed by atoms with Crippen LogP contribution in [0.3, 0.4) is 0 Å². The second kappa shape index (κ2) is 12.2. The van der Waals surface area contributed by atoms with Crippen molar-refractivity contribution < 1.29 is 8.42 Å². The maximum absolute atomic E-state index is 12.3. The van der Waals surface area contributed by atoms with Crippen molar-refractivity contribution in [2.75, 3.05) is 25.4 Å². The van der Waals surface area contributed by atoms with Gasteiger partial charge in [-0.3, -0.25) is 4.99 Å². The summed E-state index contributed by atoms with van der Waals surface area (Å²) >= 11 is 5.88. The van der Waals surface area contributed by atoms with Gasteiger partial charge in [0.05, 0.1) is 17.2 Å². The number of guanidine groups is 1. The summed E-state index contributed by atoms with van der Waals surface area (Å²) in [7, 11) is -3.31. The zero-order valence-corrected chi connectivity index (χ0v) is 19.1. The molecule has 0 aliphatic rings. The molecule has 0 amide bonds. The topological polar surface area (TPSA) is 70.6 Å². The van der Waals surface area contributed by atoms with Crippen molar-refractivity contribution >= 4 is 51.4 Å². The summed E-state index contributed by atoms with van der Waals surface area (Å²) in [6.07, 6.45) is 0.823. The van der Waals surface area contributed by atoms with Crippen molar-refractivity contribution in [2.24, 2.45) is 4.99 Å². The summed E-state index contributed by atoms with van der Waals surface area (Å²) in [6, 6.07) is 16.2. The van der Waals surface area contributed by atoms with Crippen LogP contribution in [0.15, 0.2) is 64.5 Å². The van der Waals surface area contributed by atoms with Gasteiger partial charge in [0.1, 0.15) is 0 Å². The Morgan fingerprint density at radius 2 is 1.70 bits per heavy atom. The maximum Gasteiger partial charge on any atom is 0.191 e. The Balaban J connectivity index is 0.00000364. The molecule has 2 rings (SSSR count). The van der Waals surface area contributed by atoms with E-state index in [1.807, 2.05) is 31.2 Å². The normalized spacial score (nSPS) is 11.6. The van der Waals surface area contributed by atoms with Crippen molar-refractivity contribution in [3.05, 3.63) is 65.2 Å². The van der Waals surface area contributed by atoms with Gasteiger partial charge in [0.2, 0.25) is 0 Å². The number of nitrogens with one attached hydrogen (secondary N) is 2. The Kier molecular flexibility index (Phi) is 10.7. The number of sulfone groups is 1. The molecule has 0 radical (unpaired) electrons. The van der Waals surface area contributed by atoms with Crippen LogP contribution in [-0.2, 0) is 16.3 Å². The molecule has 0 aliphatic heterocycles. The molecule has 2 aromatic rings. The van der Waals surface area contributed by atoms with Crippen LogP contribution in [0.4, 0.5) is 0 Å². The molecule has 0 fully saturated rings. The predicted octanol–water partition coefficient (Wildman–Crippen LogP) is 3.53. The molecule has 0 spiro atoms. The number of rotatable bonds is 8. The molecule has 0 saturated heterocycles. The molecule has 27 heavy (non-hydrogen) atoms. The highest BCUT2D eigenvalue weighted by molar-refractivity contribution is 14.0. The summed E-state index contributed by atoms with van der Waals surface area (Å²) in [5.74, 6) is 0.592. The van der Waals surface area contributed by atoms with Crippen LogP contribution in [0.1, 0.15) is 12.5 Å². The van der Waals surface area contributed by atoms with Crippen molar-refractivity contribution in [2.45, 2.75) is 18.2 Å². The molecule has 0 atom stereocenters. The Morgan fingerprint density at radius 3 is 2.33 bits per heavy atom.